The molecular formula is C19H21BrO. The number of hydrogen-bond acceptors (Lipinski definition) is 1. The monoisotopic (exact) mass is 344 g/mol. The Kier molecular flexibility index (Phi) is 5.63. The van der Waals surface area contributed by atoms with Crippen molar-refractivity contribution in [3.8, 4) is 5.75 Å². The minimum atomic E-state index is 0.413. The molecule has 0 unspecified atom stereocenters. The first-order valence-electron chi connectivity index (χ1n) is 7.25. The van der Waals surface area contributed by atoms with Crippen LogP contribution >= 0.6 is 15.9 Å². The van der Waals surface area contributed by atoms with Crippen LogP contribution in [0, 0.1) is 0 Å². The smallest absolute Gasteiger partial charge is 0.118 e. The van der Waals surface area contributed by atoms with E-state index in [2.05, 4.69) is 72.3 Å². The van der Waals surface area contributed by atoms with Crippen LogP contribution in [-0.4, -0.2) is 7.11 Å². The van der Waals surface area contributed by atoms with Crippen molar-refractivity contribution < 1.29 is 4.74 Å². The third kappa shape index (κ3) is 3.76. The van der Waals surface area contributed by atoms with E-state index in [1.807, 2.05) is 12.1 Å². The highest BCUT2D eigenvalue weighted by molar-refractivity contribution is 9.10. The first-order valence-corrected chi connectivity index (χ1v) is 8.05. The molecule has 0 saturated heterocycles. The molecule has 0 radical (unpaired) electrons. The quantitative estimate of drug-likeness (QED) is 0.640. The average molecular weight is 345 g/mol. The van der Waals surface area contributed by atoms with Gasteiger partial charge in [0.25, 0.3) is 0 Å². The third-order valence-corrected chi connectivity index (χ3v) is 4.32. The molecular weight excluding hydrogens is 324 g/mol. The van der Waals surface area contributed by atoms with E-state index in [4.69, 9.17) is 4.74 Å². The molecule has 2 rings (SSSR count). The van der Waals surface area contributed by atoms with Gasteiger partial charge in [0, 0.05) is 10.4 Å². The van der Waals surface area contributed by atoms with E-state index in [-0.39, 0.29) is 0 Å². The van der Waals surface area contributed by atoms with Crippen molar-refractivity contribution in [1.82, 2.24) is 0 Å². The Balaban J connectivity index is 2.35. The summed E-state index contributed by atoms with van der Waals surface area (Å²) in [6.07, 6.45) is 3.30. The van der Waals surface area contributed by atoms with E-state index >= 15 is 0 Å². The molecule has 1 atom stereocenters. The molecule has 0 aliphatic rings. The van der Waals surface area contributed by atoms with Crippen molar-refractivity contribution in [3.63, 3.8) is 0 Å². The number of ether oxygens (including phenoxy) is 1. The minimum Gasteiger partial charge on any atom is -0.497 e. The normalized spacial score (nSPS) is 13.0. The Labute approximate surface area is 135 Å². The van der Waals surface area contributed by atoms with E-state index in [1.165, 1.54) is 16.7 Å². The molecule has 0 bridgehead atoms. The molecule has 0 aliphatic heterocycles. The number of halogens is 1. The SMILES string of the molecule is C/C=C(/c1ccc(OC)cc1)[C@@H](CC)c1ccc(Br)cc1. The molecule has 21 heavy (non-hydrogen) atoms. The molecule has 0 aliphatic carbocycles. The molecule has 2 aromatic rings. The average Bonchev–Trinajstić information content (AvgIpc) is 2.54. The molecule has 110 valence electrons. The zero-order valence-electron chi connectivity index (χ0n) is 12.8. The van der Waals surface area contributed by atoms with Crippen molar-refractivity contribution >= 4 is 21.5 Å². The highest BCUT2D eigenvalue weighted by atomic mass is 79.9. The number of methoxy groups -OCH3 is 1. The number of rotatable bonds is 5. The second-order valence-corrected chi connectivity index (χ2v) is 5.90. The highest BCUT2D eigenvalue weighted by Crippen LogP contribution is 2.35. The van der Waals surface area contributed by atoms with Gasteiger partial charge in [0.1, 0.15) is 5.75 Å². The predicted octanol–water partition coefficient (Wildman–Crippen LogP) is 6.05. The predicted molar refractivity (Wildman–Crippen MR) is 93.8 cm³/mol. The molecule has 0 spiro atoms. The van der Waals surface area contributed by atoms with Crippen LogP contribution in [0.1, 0.15) is 37.3 Å². The number of allylic oxidation sites excluding steroid dienone is 2. The summed E-state index contributed by atoms with van der Waals surface area (Å²) in [4.78, 5) is 0. The molecule has 0 heterocycles. The van der Waals surface area contributed by atoms with Crippen LogP contribution in [0.4, 0.5) is 0 Å². The third-order valence-electron chi connectivity index (χ3n) is 3.79. The van der Waals surface area contributed by atoms with Gasteiger partial charge < -0.3 is 4.74 Å². The van der Waals surface area contributed by atoms with Crippen LogP contribution in [0.3, 0.4) is 0 Å². The van der Waals surface area contributed by atoms with Gasteiger partial charge in [0.2, 0.25) is 0 Å². The van der Waals surface area contributed by atoms with Gasteiger partial charge >= 0.3 is 0 Å². The van der Waals surface area contributed by atoms with Crippen LogP contribution in [0.2, 0.25) is 0 Å². The standard InChI is InChI=1S/C19H21BrO/c1-4-18(14-6-10-16(20)11-7-14)19(5-2)15-8-12-17(21-3)13-9-15/h5-13,18H,4H2,1-3H3/b19-5-/t18-/m0/s1. The molecule has 0 N–H and O–H groups in total. The zero-order chi connectivity index (χ0) is 15.2. The van der Waals surface area contributed by atoms with Crippen molar-refractivity contribution in [2.45, 2.75) is 26.2 Å². The Morgan fingerprint density at radius 3 is 2.19 bits per heavy atom. The Hall–Kier alpha value is -1.54. The molecule has 0 aromatic heterocycles. The van der Waals surface area contributed by atoms with Crippen LogP contribution in [-0.2, 0) is 0 Å². The summed E-state index contributed by atoms with van der Waals surface area (Å²) < 4.78 is 6.36. The molecule has 0 fully saturated rings. The second kappa shape index (κ2) is 7.46. The van der Waals surface area contributed by atoms with Crippen molar-refractivity contribution in [2.24, 2.45) is 0 Å². The van der Waals surface area contributed by atoms with E-state index < -0.39 is 0 Å². The summed E-state index contributed by atoms with van der Waals surface area (Å²) in [5.74, 6) is 1.31. The van der Waals surface area contributed by atoms with Crippen LogP contribution in [0.25, 0.3) is 5.57 Å². The maximum atomic E-state index is 5.24. The fourth-order valence-electron chi connectivity index (χ4n) is 2.68. The van der Waals surface area contributed by atoms with Crippen molar-refractivity contribution in [2.75, 3.05) is 7.11 Å². The first-order chi connectivity index (χ1) is 10.2. The van der Waals surface area contributed by atoms with Gasteiger partial charge in [-0.05, 0) is 54.3 Å². The lowest BCUT2D eigenvalue weighted by Gasteiger charge is -2.20. The van der Waals surface area contributed by atoms with Gasteiger partial charge in [-0.2, -0.15) is 0 Å². The summed E-state index contributed by atoms with van der Waals surface area (Å²) >= 11 is 3.50. The molecule has 0 saturated carbocycles. The maximum absolute atomic E-state index is 5.24. The molecule has 2 aromatic carbocycles. The number of benzene rings is 2. The van der Waals surface area contributed by atoms with E-state index in [0.29, 0.717) is 5.92 Å². The lowest BCUT2D eigenvalue weighted by atomic mass is 9.85. The summed E-state index contributed by atoms with van der Waals surface area (Å²) in [7, 11) is 1.70. The van der Waals surface area contributed by atoms with E-state index in [9.17, 15) is 0 Å². The van der Waals surface area contributed by atoms with Gasteiger partial charge in [0.15, 0.2) is 0 Å². The maximum Gasteiger partial charge on any atom is 0.118 e. The summed E-state index contributed by atoms with van der Waals surface area (Å²) in [6.45, 7) is 4.35. The summed E-state index contributed by atoms with van der Waals surface area (Å²) in [5.41, 5.74) is 3.97. The molecule has 1 nitrogen and oxygen atoms in total. The van der Waals surface area contributed by atoms with Crippen LogP contribution < -0.4 is 4.74 Å². The van der Waals surface area contributed by atoms with Gasteiger partial charge in [-0.15, -0.1) is 0 Å². The Morgan fingerprint density at radius 1 is 1.10 bits per heavy atom. The van der Waals surface area contributed by atoms with Crippen LogP contribution in [0.15, 0.2) is 59.1 Å². The van der Waals surface area contributed by atoms with E-state index in [1.54, 1.807) is 7.11 Å². The Bertz CT molecular complexity index is 596. The summed E-state index contributed by atoms with van der Waals surface area (Å²) in [5, 5.41) is 0. The van der Waals surface area contributed by atoms with Crippen molar-refractivity contribution in [1.29, 1.82) is 0 Å². The lowest BCUT2D eigenvalue weighted by molar-refractivity contribution is 0.415. The van der Waals surface area contributed by atoms with Gasteiger partial charge in [-0.3, -0.25) is 0 Å². The van der Waals surface area contributed by atoms with Gasteiger partial charge in [0.05, 0.1) is 7.11 Å². The number of hydrogen-bond donors (Lipinski definition) is 0. The Morgan fingerprint density at radius 2 is 1.71 bits per heavy atom. The highest BCUT2D eigenvalue weighted by Gasteiger charge is 2.16. The fraction of sp³-hybridized carbons (Fsp3) is 0.263. The van der Waals surface area contributed by atoms with Crippen LogP contribution in [0.5, 0.6) is 5.75 Å². The largest absolute Gasteiger partial charge is 0.497 e. The fourth-order valence-corrected chi connectivity index (χ4v) is 2.95. The lowest BCUT2D eigenvalue weighted by Crippen LogP contribution is -2.01. The minimum absolute atomic E-state index is 0.413. The second-order valence-electron chi connectivity index (χ2n) is 4.98. The zero-order valence-corrected chi connectivity index (χ0v) is 14.4. The first kappa shape index (κ1) is 15.8. The topological polar surface area (TPSA) is 9.23 Å². The van der Waals surface area contributed by atoms with E-state index in [0.717, 1.165) is 16.6 Å². The summed E-state index contributed by atoms with van der Waals surface area (Å²) in [6, 6.07) is 16.9. The van der Waals surface area contributed by atoms with Gasteiger partial charge in [-0.25, -0.2) is 0 Å². The molecule has 2 heteroatoms. The van der Waals surface area contributed by atoms with Crippen molar-refractivity contribution in [3.05, 3.63) is 70.2 Å². The van der Waals surface area contributed by atoms with Gasteiger partial charge in [-0.1, -0.05) is 53.2 Å². The molecule has 0 amide bonds.